The summed E-state index contributed by atoms with van der Waals surface area (Å²) in [6, 6.07) is 7.22. The first-order valence-corrected chi connectivity index (χ1v) is 6.50. The minimum absolute atomic E-state index is 0.0631. The van der Waals surface area contributed by atoms with E-state index in [0.717, 1.165) is 16.6 Å². The number of ether oxygens (including phenoxy) is 1. The molecule has 1 aromatic carbocycles. The van der Waals surface area contributed by atoms with Crippen LogP contribution in [0.1, 0.15) is 22.5 Å². The third kappa shape index (κ3) is 3.05. The number of hydrogen-bond donors (Lipinski definition) is 2. The molecule has 2 aromatic rings. The van der Waals surface area contributed by atoms with Gasteiger partial charge in [0.15, 0.2) is 0 Å². The highest BCUT2D eigenvalue weighted by Gasteiger charge is 2.12. The van der Waals surface area contributed by atoms with Crippen molar-refractivity contribution in [2.24, 2.45) is 0 Å². The second-order valence-corrected chi connectivity index (χ2v) is 4.53. The summed E-state index contributed by atoms with van der Waals surface area (Å²) >= 11 is 0. The lowest BCUT2D eigenvalue weighted by molar-refractivity contribution is 0.0952. The monoisotopic (exact) mass is 274 g/mol. The van der Waals surface area contributed by atoms with Crippen LogP contribution < -0.4 is 10.1 Å². The van der Waals surface area contributed by atoms with E-state index < -0.39 is 0 Å². The molecule has 5 heteroatoms. The molecule has 0 saturated carbocycles. The second kappa shape index (κ2) is 6.34. The van der Waals surface area contributed by atoms with Gasteiger partial charge in [-0.05, 0) is 31.5 Å². The summed E-state index contributed by atoms with van der Waals surface area (Å²) in [5.41, 5.74) is 2.10. The highest BCUT2D eigenvalue weighted by Crippen LogP contribution is 2.23. The molecule has 0 fully saturated rings. The van der Waals surface area contributed by atoms with Gasteiger partial charge in [-0.1, -0.05) is 0 Å². The zero-order valence-corrected chi connectivity index (χ0v) is 11.6. The van der Waals surface area contributed by atoms with Crippen molar-refractivity contribution in [2.45, 2.75) is 13.3 Å². The van der Waals surface area contributed by atoms with Gasteiger partial charge >= 0.3 is 0 Å². The molecule has 0 aliphatic heterocycles. The van der Waals surface area contributed by atoms with Crippen LogP contribution in [0.25, 0.3) is 10.9 Å². The first-order valence-electron chi connectivity index (χ1n) is 6.50. The van der Waals surface area contributed by atoms with Gasteiger partial charge in [0.2, 0.25) is 0 Å². The molecule has 2 N–H and O–H groups in total. The maximum atomic E-state index is 12.2. The number of fused-ring (bicyclic) bond motifs is 1. The Balaban J connectivity index is 2.39. The third-order valence-corrected chi connectivity index (χ3v) is 3.01. The largest absolute Gasteiger partial charge is 0.497 e. The lowest BCUT2D eigenvalue weighted by Crippen LogP contribution is -2.25. The fourth-order valence-electron chi connectivity index (χ4n) is 2.03. The minimum atomic E-state index is -0.154. The van der Waals surface area contributed by atoms with Crippen molar-refractivity contribution in [3.8, 4) is 5.75 Å². The highest BCUT2D eigenvalue weighted by molar-refractivity contribution is 6.06. The second-order valence-electron chi connectivity index (χ2n) is 4.53. The Morgan fingerprint density at radius 1 is 1.40 bits per heavy atom. The molecular weight excluding hydrogens is 256 g/mol. The van der Waals surface area contributed by atoms with E-state index in [1.54, 1.807) is 13.2 Å². The van der Waals surface area contributed by atoms with E-state index in [1.807, 2.05) is 25.1 Å². The molecule has 0 aliphatic rings. The molecule has 0 radical (unpaired) electrons. The van der Waals surface area contributed by atoms with Crippen molar-refractivity contribution in [1.29, 1.82) is 0 Å². The lowest BCUT2D eigenvalue weighted by atomic mass is 10.1. The van der Waals surface area contributed by atoms with E-state index in [4.69, 9.17) is 9.84 Å². The van der Waals surface area contributed by atoms with Crippen LogP contribution in [0.15, 0.2) is 24.3 Å². The molecule has 1 aromatic heterocycles. The van der Waals surface area contributed by atoms with E-state index in [0.29, 0.717) is 24.3 Å². The summed E-state index contributed by atoms with van der Waals surface area (Å²) in [7, 11) is 1.60. The number of carbonyl (C=O) groups excluding carboxylic acids is 1. The fraction of sp³-hybridized carbons (Fsp3) is 0.333. The van der Waals surface area contributed by atoms with Gasteiger partial charge < -0.3 is 15.2 Å². The number of carbonyl (C=O) groups is 1. The summed E-state index contributed by atoms with van der Waals surface area (Å²) in [6.45, 7) is 2.37. The normalized spacial score (nSPS) is 10.6. The number of amides is 1. The Hall–Kier alpha value is -2.14. The summed E-state index contributed by atoms with van der Waals surface area (Å²) in [5, 5.41) is 12.3. The molecule has 1 heterocycles. The molecule has 1 amide bonds. The van der Waals surface area contributed by atoms with Gasteiger partial charge in [0, 0.05) is 30.3 Å². The van der Waals surface area contributed by atoms with Crippen LogP contribution in [0.3, 0.4) is 0 Å². The van der Waals surface area contributed by atoms with Crippen LogP contribution in [0, 0.1) is 6.92 Å². The zero-order valence-electron chi connectivity index (χ0n) is 11.6. The minimum Gasteiger partial charge on any atom is -0.497 e. The van der Waals surface area contributed by atoms with Gasteiger partial charge in [0.25, 0.3) is 5.91 Å². The number of aliphatic hydroxyl groups excluding tert-OH is 1. The van der Waals surface area contributed by atoms with Crippen molar-refractivity contribution in [3.05, 3.63) is 35.5 Å². The van der Waals surface area contributed by atoms with E-state index in [-0.39, 0.29) is 12.5 Å². The molecule has 0 atom stereocenters. The zero-order chi connectivity index (χ0) is 14.5. The number of hydrogen-bond acceptors (Lipinski definition) is 4. The molecule has 0 aliphatic carbocycles. The van der Waals surface area contributed by atoms with Gasteiger partial charge in [0.1, 0.15) is 5.75 Å². The molecule has 5 nitrogen and oxygen atoms in total. The highest BCUT2D eigenvalue weighted by atomic mass is 16.5. The smallest absolute Gasteiger partial charge is 0.252 e. The first-order chi connectivity index (χ1) is 9.65. The standard InChI is InChI=1S/C15H18N2O3/c1-10-8-13(15(19)16-6-3-7-18)12-5-4-11(20-2)9-14(12)17-10/h4-5,8-9,18H,3,6-7H2,1-2H3,(H,16,19). The molecule has 106 valence electrons. The Morgan fingerprint density at radius 3 is 2.90 bits per heavy atom. The van der Waals surface area contributed by atoms with E-state index in [9.17, 15) is 4.79 Å². The van der Waals surface area contributed by atoms with Crippen LogP contribution in [-0.4, -0.2) is 36.3 Å². The Labute approximate surface area is 117 Å². The van der Waals surface area contributed by atoms with E-state index >= 15 is 0 Å². The van der Waals surface area contributed by atoms with Crippen molar-refractivity contribution < 1.29 is 14.6 Å². The number of aryl methyl sites for hydroxylation is 1. The third-order valence-electron chi connectivity index (χ3n) is 3.01. The number of pyridine rings is 1. The lowest BCUT2D eigenvalue weighted by Gasteiger charge is -2.09. The fourth-order valence-corrected chi connectivity index (χ4v) is 2.03. The molecular formula is C15H18N2O3. The molecule has 0 spiro atoms. The predicted molar refractivity (Wildman–Crippen MR) is 77.1 cm³/mol. The number of methoxy groups -OCH3 is 1. The number of aliphatic hydroxyl groups is 1. The van der Waals surface area contributed by atoms with Crippen LogP contribution in [0.4, 0.5) is 0 Å². The Morgan fingerprint density at radius 2 is 2.20 bits per heavy atom. The maximum Gasteiger partial charge on any atom is 0.252 e. The van der Waals surface area contributed by atoms with Crippen molar-refractivity contribution >= 4 is 16.8 Å². The van der Waals surface area contributed by atoms with Crippen LogP contribution in [0.2, 0.25) is 0 Å². The summed E-state index contributed by atoms with van der Waals surface area (Å²) in [5.74, 6) is 0.557. The topological polar surface area (TPSA) is 71.5 Å². The number of nitrogens with one attached hydrogen (secondary N) is 1. The number of aromatic nitrogens is 1. The number of rotatable bonds is 5. The average molecular weight is 274 g/mol. The first kappa shape index (κ1) is 14.3. The summed E-state index contributed by atoms with van der Waals surface area (Å²) in [6.07, 6.45) is 0.543. The number of benzene rings is 1. The van der Waals surface area contributed by atoms with Crippen LogP contribution in [-0.2, 0) is 0 Å². The van der Waals surface area contributed by atoms with E-state index in [1.165, 1.54) is 0 Å². The van der Waals surface area contributed by atoms with Gasteiger partial charge in [-0.25, -0.2) is 0 Å². The molecule has 0 saturated heterocycles. The summed E-state index contributed by atoms with van der Waals surface area (Å²) in [4.78, 5) is 16.6. The van der Waals surface area contributed by atoms with Crippen molar-refractivity contribution in [3.63, 3.8) is 0 Å². The SMILES string of the molecule is COc1ccc2c(C(=O)NCCCO)cc(C)nc2c1. The van der Waals surface area contributed by atoms with Crippen LogP contribution >= 0.6 is 0 Å². The quantitative estimate of drug-likeness (QED) is 0.813. The Bertz CT molecular complexity index is 626. The number of nitrogens with zero attached hydrogens (tertiary/aromatic N) is 1. The van der Waals surface area contributed by atoms with Gasteiger partial charge in [-0.15, -0.1) is 0 Å². The van der Waals surface area contributed by atoms with Gasteiger partial charge in [0.05, 0.1) is 18.2 Å². The predicted octanol–water partition coefficient (Wildman–Crippen LogP) is 1.66. The van der Waals surface area contributed by atoms with Gasteiger partial charge in [-0.2, -0.15) is 0 Å². The Kier molecular flexibility index (Phi) is 4.53. The maximum absolute atomic E-state index is 12.2. The molecule has 0 bridgehead atoms. The summed E-state index contributed by atoms with van der Waals surface area (Å²) < 4.78 is 5.17. The van der Waals surface area contributed by atoms with Crippen molar-refractivity contribution in [2.75, 3.05) is 20.3 Å². The average Bonchev–Trinajstić information content (AvgIpc) is 2.45. The van der Waals surface area contributed by atoms with Crippen LogP contribution in [0.5, 0.6) is 5.75 Å². The van der Waals surface area contributed by atoms with E-state index in [2.05, 4.69) is 10.3 Å². The molecule has 0 unspecified atom stereocenters. The van der Waals surface area contributed by atoms with Gasteiger partial charge in [-0.3, -0.25) is 9.78 Å². The molecule has 2 rings (SSSR count). The van der Waals surface area contributed by atoms with Crippen molar-refractivity contribution in [1.82, 2.24) is 10.3 Å². The molecule has 20 heavy (non-hydrogen) atoms.